The minimum Gasteiger partial charge on any atom is -0.399 e. The van der Waals surface area contributed by atoms with Crippen LogP contribution < -0.4 is 5.73 Å². The molecule has 2 heterocycles. The summed E-state index contributed by atoms with van der Waals surface area (Å²) < 4.78 is 2.16. The molecule has 5 nitrogen and oxygen atoms in total. The molecule has 0 bridgehead atoms. The Labute approximate surface area is 169 Å². The predicted octanol–water partition coefficient (Wildman–Crippen LogP) is 4.14. The minimum absolute atomic E-state index is 0.0556. The maximum absolute atomic E-state index is 9.49. The van der Waals surface area contributed by atoms with Gasteiger partial charge in [0.15, 0.2) is 5.82 Å². The van der Waals surface area contributed by atoms with Gasteiger partial charge in [-0.25, -0.2) is 9.97 Å². The summed E-state index contributed by atoms with van der Waals surface area (Å²) in [5.41, 5.74) is 11.1. The summed E-state index contributed by atoms with van der Waals surface area (Å²) in [6.45, 7) is 0.730. The van der Waals surface area contributed by atoms with E-state index in [9.17, 15) is 5.11 Å². The van der Waals surface area contributed by atoms with Crippen LogP contribution in [-0.2, 0) is 12.0 Å². The molecular weight excluding hydrogens is 360 g/mol. The Balaban J connectivity index is 1.57. The van der Waals surface area contributed by atoms with Crippen molar-refractivity contribution in [3.8, 4) is 11.4 Å². The minimum atomic E-state index is -0.0556. The number of fused-ring (bicyclic) bond motifs is 1. The lowest BCUT2D eigenvalue weighted by Crippen LogP contribution is -2.35. The number of rotatable bonds is 5. The van der Waals surface area contributed by atoms with Crippen molar-refractivity contribution in [1.29, 1.82) is 0 Å². The normalized spacial score (nSPS) is 15.3. The Kier molecular flexibility index (Phi) is 4.32. The van der Waals surface area contributed by atoms with E-state index in [1.54, 1.807) is 0 Å². The first-order valence-electron chi connectivity index (χ1n) is 10.1. The van der Waals surface area contributed by atoms with Crippen molar-refractivity contribution in [1.82, 2.24) is 14.5 Å². The SMILES string of the molecule is Nc1ccc(-c2ncc(C3(c4cn(CCO)c5ccccc45)CCC3)cn2)cc1. The van der Waals surface area contributed by atoms with Gasteiger partial charge in [0.2, 0.25) is 0 Å². The first kappa shape index (κ1) is 17.9. The lowest BCUT2D eigenvalue weighted by molar-refractivity contribution is 0.276. The highest BCUT2D eigenvalue weighted by atomic mass is 16.3. The van der Waals surface area contributed by atoms with Crippen LogP contribution in [-0.4, -0.2) is 26.2 Å². The average Bonchev–Trinajstić information content (AvgIpc) is 3.08. The smallest absolute Gasteiger partial charge is 0.159 e. The fraction of sp³-hybridized carbons (Fsp3) is 0.250. The zero-order valence-electron chi connectivity index (χ0n) is 16.3. The Morgan fingerprint density at radius 1 is 1.00 bits per heavy atom. The van der Waals surface area contributed by atoms with E-state index < -0.39 is 0 Å². The van der Waals surface area contributed by atoms with Crippen LogP contribution in [0.25, 0.3) is 22.3 Å². The van der Waals surface area contributed by atoms with E-state index in [-0.39, 0.29) is 12.0 Å². The molecule has 1 saturated carbocycles. The quantitative estimate of drug-likeness (QED) is 0.507. The van der Waals surface area contributed by atoms with Crippen LogP contribution in [0.15, 0.2) is 67.1 Å². The van der Waals surface area contributed by atoms with Gasteiger partial charge < -0.3 is 15.4 Å². The van der Waals surface area contributed by atoms with Crippen molar-refractivity contribution in [3.05, 3.63) is 78.2 Å². The van der Waals surface area contributed by atoms with Crippen molar-refractivity contribution >= 4 is 16.6 Å². The molecule has 0 amide bonds. The number of hydrogen-bond acceptors (Lipinski definition) is 4. The van der Waals surface area contributed by atoms with Gasteiger partial charge in [-0.3, -0.25) is 0 Å². The highest BCUT2D eigenvalue weighted by molar-refractivity contribution is 5.86. The van der Waals surface area contributed by atoms with Crippen LogP contribution in [0.4, 0.5) is 5.69 Å². The molecule has 0 atom stereocenters. The summed E-state index contributed by atoms with van der Waals surface area (Å²) in [5.74, 6) is 0.714. The van der Waals surface area contributed by atoms with Crippen molar-refractivity contribution in [2.45, 2.75) is 31.2 Å². The Morgan fingerprint density at radius 2 is 1.72 bits per heavy atom. The van der Waals surface area contributed by atoms with Gasteiger partial charge in [-0.2, -0.15) is 0 Å². The number of benzene rings is 2. The molecule has 1 aliphatic rings. The summed E-state index contributed by atoms with van der Waals surface area (Å²) in [7, 11) is 0. The molecule has 1 fully saturated rings. The van der Waals surface area contributed by atoms with E-state index in [2.05, 4.69) is 45.0 Å². The van der Waals surface area contributed by atoms with Gasteiger partial charge in [0.1, 0.15) is 0 Å². The van der Waals surface area contributed by atoms with E-state index in [0.717, 1.165) is 29.7 Å². The topological polar surface area (TPSA) is 77.0 Å². The van der Waals surface area contributed by atoms with E-state index in [1.807, 2.05) is 36.7 Å². The van der Waals surface area contributed by atoms with Crippen molar-refractivity contribution in [2.24, 2.45) is 0 Å². The lowest BCUT2D eigenvalue weighted by Gasteiger charge is -2.42. The van der Waals surface area contributed by atoms with E-state index in [4.69, 9.17) is 5.73 Å². The van der Waals surface area contributed by atoms with Crippen molar-refractivity contribution in [2.75, 3.05) is 12.3 Å². The van der Waals surface area contributed by atoms with Crippen LogP contribution in [0.5, 0.6) is 0 Å². The van der Waals surface area contributed by atoms with Gasteiger partial charge in [-0.15, -0.1) is 0 Å². The number of nitrogens with zero attached hydrogens (tertiary/aromatic N) is 3. The van der Waals surface area contributed by atoms with Gasteiger partial charge in [0.25, 0.3) is 0 Å². The lowest BCUT2D eigenvalue weighted by atomic mass is 9.61. The van der Waals surface area contributed by atoms with Gasteiger partial charge in [-0.05, 0) is 54.3 Å². The molecule has 5 rings (SSSR count). The summed E-state index contributed by atoms with van der Waals surface area (Å²) in [6.07, 6.45) is 9.55. The number of hydrogen-bond donors (Lipinski definition) is 2. The zero-order valence-corrected chi connectivity index (χ0v) is 16.3. The average molecular weight is 384 g/mol. The molecule has 5 heteroatoms. The second kappa shape index (κ2) is 7.01. The molecule has 1 aliphatic carbocycles. The molecule has 0 spiro atoms. The molecule has 0 unspecified atom stereocenters. The number of para-hydroxylation sites is 1. The standard InChI is InChI=1S/C24H24N4O/c25-19-8-6-17(7-9-19)23-26-14-18(15-27-23)24(10-3-11-24)21-16-28(12-13-29)22-5-2-1-4-20(21)22/h1-2,4-9,14-16,29H,3,10-13,25H2. The molecule has 146 valence electrons. The molecule has 29 heavy (non-hydrogen) atoms. The third kappa shape index (κ3) is 2.89. The monoisotopic (exact) mass is 384 g/mol. The molecule has 2 aromatic carbocycles. The van der Waals surface area contributed by atoms with Crippen molar-refractivity contribution < 1.29 is 5.11 Å². The summed E-state index contributed by atoms with van der Waals surface area (Å²) in [5, 5.41) is 10.7. The number of aromatic nitrogens is 3. The second-order valence-corrected chi connectivity index (χ2v) is 7.83. The first-order chi connectivity index (χ1) is 14.2. The van der Waals surface area contributed by atoms with Crippen molar-refractivity contribution in [3.63, 3.8) is 0 Å². The fourth-order valence-electron chi connectivity index (χ4n) is 4.52. The Bertz CT molecular complexity index is 1140. The number of anilines is 1. The largest absolute Gasteiger partial charge is 0.399 e. The summed E-state index contributed by atoms with van der Waals surface area (Å²) in [6, 6.07) is 16.1. The van der Waals surface area contributed by atoms with Crippen LogP contribution in [0, 0.1) is 0 Å². The maximum Gasteiger partial charge on any atom is 0.159 e. The van der Waals surface area contributed by atoms with Gasteiger partial charge in [0, 0.05) is 52.7 Å². The number of nitrogen functional groups attached to an aromatic ring is 1. The van der Waals surface area contributed by atoms with Crippen LogP contribution in [0.1, 0.15) is 30.4 Å². The second-order valence-electron chi connectivity index (χ2n) is 7.83. The molecule has 0 aliphatic heterocycles. The molecule has 2 aromatic heterocycles. The Hall–Kier alpha value is -3.18. The molecule has 0 radical (unpaired) electrons. The maximum atomic E-state index is 9.49. The summed E-state index contributed by atoms with van der Waals surface area (Å²) in [4.78, 5) is 9.35. The molecule has 4 aromatic rings. The highest BCUT2D eigenvalue weighted by Gasteiger charge is 2.42. The predicted molar refractivity (Wildman–Crippen MR) is 116 cm³/mol. The van der Waals surface area contributed by atoms with Gasteiger partial charge in [-0.1, -0.05) is 24.6 Å². The fourth-order valence-corrected chi connectivity index (χ4v) is 4.52. The van der Waals surface area contributed by atoms with Crippen LogP contribution >= 0.6 is 0 Å². The molecule has 0 saturated heterocycles. The van der Waals surface area contributed by atoms with E-state index in [1.165, 1.54) is 22.9 Å². The van der Waals surface area contributed by atoms with Crippen LogP contribution in [0.2, 0.25) is 0 Å². The molecule has 3 N–H and O–H groups in total. The highest BCUT2D eigenvalue weighted by Crippen LogP contribution is 2.51. The number of nitrogens with two attached hydrogens (primary N) is 1. The van der Waals surface area contributed by atoms with E-state index in [0.29, 0.717) is 12.4 Å². The van der Waals surface area contributed by atoms with E-state index >= 15 is 0 Å². The Morgan fingerprint density at radius 3 is 2.38 bits per heavy atom. The van der Waals surface area contributed by atoms with Crippen LogP contribution in [0.3, 0.4) is 0 Å². The van der Waals surface area contributed by atoms with Gasteiger partial charge in [0.05, 0.1) is 6.61 Å². The molecular formula is C24H24N4O. The number of aliphatic hydroxyl groups is 1. The first-order valence-corrected chi connectivity index (χ1v) is 10.1. The third-order valence-electron chi connectivity index (χ3n) is 6.23. The number of aliphatic hydroxyl groups excluding tert-OH is 1. The summed E-state index contributed by atoms with van der Waals surface area (Å²) >= 11 is 0. The van der Waals surface area contributed by atoms with Gasteiger partial charge >= 0.3 is 0 Å². The zero-order chi connectivity index (χ0) is 19.8. The third-order valence-corrected chi connectivity index (χ3v) is 6.23.